The van der Waals surface area contributed by atoms with E-state index in [1.807, 2.05) is 0 Å². The number of hydrogen-bond donors (Lipinski definition) is 2. The smallest absolute Gasteiger partial charge is 0.248 e. The van der Waals surface area contributed by atoms with Crippen LogP contribution in [0.25, 0.3) is 0 Å². The van der Waals surface area contributed by atoms with Gasteiger partial charge in [-0.2, -0.15) is 0 Å². The van der Waals surface area contributed by atoms with Gasteiger partial charge in [0.05, 0.1) is 0 Å². The Morgan fingerprint density at radius 1 is 1.08 bits per heavy atom. The zero-order valence-corrected chi connectivity index (χ0v) is 7.10. The molecule has 4 N–H and O–H groups in total. The van der Waals surface area contributed by atoms with E-state index in [1.54, 1.807) is 24.3 Å². The van der Waals surface area contributed by atoms with Crippen LogP contribution in [-0.2, 0) is 0 Å². The van der Waals surface area contributed by atoms with Gasteiger partial charge in [0.2, 0.25) is 5.91 Å². The lowest BCUT2D eigenvalue weighted by Crippen LogP contribution is -2.12. The molecule has 0 fully saturated rings. The first-order chi connectivity index (χ1) is 5.61. The Morgan fingerprint density at radius 3 is 1.83 bits per heavy atom. The fraction of sp³-hybridized carbons (Fsp3) is 0. The average Bonchev–Trinajstić information content (AvgIpc) is 2.04. The third-order valence-corrected chi connectivity index (χ3v) is 1.69. The van der Waals surface area contributed by atoms with Crippen LogP contribution in [0.3, 0.4) is 0 Å². The van der Waals surface area contributed by atoms with Gasteiger partial charge in [-0.1, -0.05) is 24.4 Å². The van der Waals surface area contributed by atoms with E-state index in [2.05, 4.69) is 0 Å². The minimum Gasteiger partial charge on any atom is -0.389 e. The molecule has 0 saturated carbocycles. The van der Waals surface area contributed by atoms with E-state index < -0.39 is 5.91 Å². The molecule has 0 bridgehead atoms. The summed E-state index contributed by atoms with van der Waals surface area (Å²) in [5, 5.41) is 0. The van der Waals surface area contributed by atoms with Gasteiger partial charge in [-0.05, 0) is 12.1 Å². The summed E-state index contributed by atoms with van der Waals surface area (Å²) < 4.78 is 0. The fourth-order valence-electron chi connectivity index (χ4n) is 0.799. The van der Waals surface area contributed by atoms with Gasteiger partial charge in [0.15, 0.2) is 0 Å². The monoisotopic (exact) mass is 180 g/mol. The highest BCUT2D eigenvalue weighted by molar-refractivity contribution is 7.80. The molecule has 1 aromatic rings. The van der Waals surface area contributed by atoms with Crippen molar-refractivity contribution < 1.29 is 4.79 Å². The molecule has 4 heteroatoms. The maximum absolute atomic E-state index is 10.6. The number of thiocarbonyl (C=S) groups is 1. The maximum atomic E-state index is 10.6. The van der Waals surface area contributed by atoms with Gasteiger partial charge in [-0.15, -0.1) is 0 Å². The fourth-order valence-corrected chi connectivity index (χ4v) is 0.935. The largest absolute Gasteiger partial charge is 0.389 e. The van der Waals surface area contributed by atoms with Crippen LogP contribution in [0, 0.1) is 0 Å². The second kappa shape index (κ2) is 3.32. The molecular formula is C8H8N2OS. The predicted octanol–water partition coefficient (Wildman–Crippen LogP) is 0.420. The van der Waals surface area contributed by atoms with Crippen molar-refractivity contribution in [2.75, 3.05) is 0 Å². The molecule has 1 aromatic carbocycles. The van der Waals surface area contributed by atoms with E-state index in [4.69, 9.17) is 23.7 Å². The second-order valence-electron chi connectivity index (χ2n) is 2.31. The molecule has 0 atom stereocenters. The van der Waals surface area contributed by atoms with Crippen molar-refractivity contribution in [3.63, 3.8) is 0 Å². The summed E-state index contributed by atoms with van der Waals surface area (Å²) >= 11 is 4.73. The summed E-state index contributed by atoms with van der Waals surface area (Å²) in [6.07, 6.45) is 0. The van der Waals surface area contributed by atoms with Gasteiger partial charge in [0, 0.05) is 11.1 Å². The van der Waals surface area contributed by atoms with Gasteiger partial charge in [-0.3, -0.25) is 4.79 Å². The molecule has 1 rings (SSSR count). The Morgan fingerprint density at radius 2 is 1.50 bits per heavy atom. The van der Waals surface area contributed by atoms with Crippen LogP contribution in [0.4, 0.5) is 0 Å². The van der Waals surface area contributed by atoms with Gasteiger partial charge in [0.25, 0.3) is 0 Å². The van der Waals surface area contributed by atoms with Gasteiger partial charge in [0.1, 0.15) is 4.99 Å². The van der Waals surface area contributed by atoms with Crippen molar-refractivity contribution in [3.8, 4) is 0 Å². The molecule has 0 aromatic heterocycles. The van der Waals surface area contributed by atoms with Crippen molar-refractivity contribution in [2.45, 2.75) is 0 Å². The van der Waals surface area contributed by atoms with Gasteiger partial charge < -0.3 is 11.5 Å². The summed E-state index contributed by atoms with van der Waals surface area (Å²) in [7, 11) is 0. The highest BCUT2D eigenvalue weighted by atomic mass is 32.1. The Labute approximate surface area is 75.4 Å². The molecule has 0 spiro atoms. The highest BCUT2D eigenvalue weighted by Gasteiger charge is 2.00. The summed E-state index contributed by atoms with van der Waals surface area (Å²) in [6, 6.07) is 6.53. The van der Waals surface area contributed by atoms with Crippen LogP contribution >= 0.6 is 12.2 Å². The normalized spacial score (nSPS) is 9.33. The maximum Gasteiger partial charge on any atom is 0.248 e. The second-order valence-corrected chi connectivity index (χ2v) is 2.75. The third kappa shape index (κ3) is 1.79. The summed E-state index contributed by atoms with van der Waals surface area (Å²) in [5.41, 5.74) is 11.6. The summed E-state index contributed by atoms with van der Waals surface area (Å²) in [4.78, 5) is 11.0. The van der Waals surface area contributed by atoms with Crippen molar-refractivity contribution in [3.05, 3.63) is 35.4 Å². The molecule has 0 aliphatic carbocycles. The summed E-state index contributed by atoms with van der Waals surface area (Å²) in [5.74, 6) is -0.454. The highest BCUT2D eigenvalue weighted by Crippen LogP contribution is 2.03. The first kappa shape index (κ1) is 8.67. The predicted molar refractivity (Wildman–Crippen MR) is 50.8 cm³/mol. The van der Waals surface area contributed by atoms with Crippen molar-refractivity contribution in [2.24, 2.45) is 11.5 Å². The number of rotatable bonds is 2. The molecule has 0 unspecified atom stereocenters. The Balaban J connectivity index is 3.01. The molecule has 1 amide bonds. The molecule has 12 heavy (non-hydrogen) atoms. The number of benzene rings is 1. The summed E-state index contributed by atoms with van der Waals surface area (Å²) in [6.45, 7) is 0. The van der Waals surface area contributed by atoms with E-state index in [1.165, 1.54) is 0 Å². The zero-order chi connectivity index (χ0) is 9.14. The molecule has 3 nitrogen and oxygen atoms in total. The lowest BCUT2D eigenvalue weighted by molar-refractivity contribution is 0.100. The number of carbonyl (C=O) groups excluding carboxylic acids is 1. The molecule has 0 heterocycles. The minimum absolute atomic E-state index is 0.311. The standard InChI is InChI=1S/C8H8N2OS/c9-7(11)5-1-3-6(4-2-5)8(10)12/h1-4H,(H2,9,11)(H2,10,12). The number of nitrogens with two attached hydrogens (primary N) is 2. The molecule has 0 aliphatic rings. The molecule has 0 radical (unpaired) electrons. The minimum atomic E-state index is -0.454. The van der Waals surface area contributed by atoms with Crippen LogP contribution in [0.2, 0.25) is 0 Å². The van der Waals surface area contributed by atoms with Crippen LogP contribution in [0.15, 0.2) is 24.3 Å². The van der Waals surface area contributed by atoms with Gasteiger partial charge in [-0.25, -0.2) is 0 Å². The van der Waals surface area contributed by atoms with E-state index in [-0.39, 0.29) is 0 Å². The number of hydrogen-bond acceptors (Lipinski definition) is 2. The van der Waals surface area contributed by atoms with Crippen LogP contribution in [0.5, 0.6) is 0 Å². The van der Waals surface area contributed by atoms with Gasteiger partial charge >= 0.3 is 0 Å². The molecule has 0 saturated heterocycles. The quantitative estimate of drug-likeness (QED) is 0.648. The number of amides is 1. The molecular weight excluding hydrogens is 172 g/mol. The Kier molecular flexibility index (Phi) is 2.40. The van der Waals surface area contributed by atoms with Crippen LogP contribution in [0.1, 0.15) is 15.9 Å². The number of primary amides is 1. The van der Waals surface area contributed by atoms with Crippen LogP contribution in [-0.4, -0.2) is 10.9 Å². The molecule has 0 aliphatic heterocycles. The lowest BCUT2D eigenvalue weighted by Gasteiger charge is -1.98. The Bertz CT molecular complexity index is 285. The first-order valence-electron chi connectivity index (χ1n) is 3.31. The van der Waals surface area contributed by atoms with E-state index in [9.17, 15) is 4.79 Å². The van der Waals surface area contributed by atoms with E-state index >= 15 is 0 Å². The van der Waals surface area contributed by atoms with E-state index in [0.717, 1.165) is 5.56 Å². The molecule has 62 valence electrons. The lowest BCUT2D eigenvalue weighted by atomic mass is 10.1. The average molecular weight is 180 g/mol. The topological polar surface area (TPSA) is 69.1 Å². The first-order valence-corrected chi connectivity index (χ1v) is 3.72. The number of carbonyl (C=O) groups is 1. The van der Waals surface area contributed by atoms with Crippen molar-refractivity contribution in [1.29, 1.82) is 0 Å². The van der Waals surface area contributed by atoms with E-state index in [0.29, 0.717) is 10.6 Å². The SMILES string of the molecule is NC(=O)c1ccc(C(N)=S)cc1. The van der Waals surface area contributed by atoms with Crippen molar-refractivity contribution >= 4 is 23.1 Å². The third-order valence-electron chi connectivity index (χ3n) is 1.45. The zero-order valence-electron chi connectivity index (χ0n) is 6.28. The van der Waals surface area contributed by atoms with Crippen molar-refractivity contribution in [1.82, 2.24) is 0 Å². The van der Waals surface area contributed by atoms with Crippen LogP contribution < -0.4 is 11.5 Å². The Hall–Kier alpha value is -1.42.